The fourth-order valence-corrected chi connectivity index (χ4v) is 2.55. The monoisotopic (exact) mass is 271 g/mol. The van der Waals surface area contributed by atoms with Crippen molar-refractivity contribution in [2.75, 3.05) is 6.54 Å². The zero-order valence-electron chi connectivity index (χ0n) is 12.5. The second kappa shape index (κ2) is 5.39. The molecule has 1 rings (SSSR count). The zero-order valence-corrected chi connectivity index (χ0v) is 12.5. The second-order valence-corrected chi connectivity index (χ2v) is 6.91. The molecule has 0 aromatic heterocycles. The van der Waals surface area contributed by atoms with Crippen LogP contribution in [0, 0.1) is 5.92 Å². The van der Waals surface area contributed by atoms with Gasteiger partial charge in [0.05, 0.1) is 0 Å². The number of carbonyl (C=O) groups excluding carboxylic acids is 1. The van der Waals surface area contributed by atoms with Gasteiger partial charge in [0, 0.05) is 18.5 Å². The highest BCUT2D eigenvalue weighted by Crippen LogP contribution is 2.35. The molecule has 110 valence electrons. The Bertz CT molecular complexity index is 357. The maximum Gasteiger partial charge on any atom is 0.410 e. The molecule has 1 atom stereocenters. The lowest BCUT2D eigenvalue weighted by molar-refractivity contribution is -0.137. The van der Waals surface area contributed by atoms with Gasteiger partial charge in [0.2, 0.25) is 0 Å². The van der Waals surface area contributed by atoms with E-state index in [9.17, 15) is 9.59 Å². The number of aliphatic carboxylic acids is 1. The molecule has 1 saturated heterocycles. The van der Waals surface area contributed by atoms with Crippen molar-refractivity contribution in [3.8, 4) is 0 Å². The van der Waals surface area contributed by atoms with E-state index >= 15 is 0 Å². The molecular formula is C14H25NO4. The van der Waals surface area contributed by atoms with Crippen LogP contribution in [0.5, 0.6) is 0 Å². The summed E-state index contributed by atoms with van der Waals surface area (Å²) in [5.74, 6) is -0.549. The van der Waals surface area contributed by atoms with Crippen LogP contribution in [0.25, 0.3) is 0 Å². The smallest absolute Gasteiger partial charge is 0.410 e. The van der Waals surface area contributed by atoms with E-state index in [0.29, 0.717) is 13.0 Å². The van der Waals surface area contributed by atoms with Crippen LogP contribution in [0.4, 0.5) is 4.79 Å². The van der Waals surface area contributed by atoms with E-state index in [2.05, 4.69) is 0 Å². The summed E-state index contributed by atoms with van der Waals surface area (Å²) in [6, 6.07) is 0. The molecule has 0 aromatic carbocycles. The lowest BCUT2D eigenvalue weighted by Gasteiger charge is -2.33. The fourth-order valence-electron chi connectivity index (χ4n) is 2.55. The molecule has 1 unspecified atom stereocenters. The predicted molar refractivity (Wildman–Crippen MR) is 72.0 cm³/mol. The maximum absolute atomic E-state index is 12.1. The number of nitrogens with zero attached hydrogens (tertiary/aromatic N) is 1. The first-order chi connectivity index (χ1) is 8.51. The Hall–Kier alpha value is -1.26. The predicted octanol–water partition coefficient (Wildman–Crippen LogP) is 2.89. The highest BCUT2D eigenvalue weighted by molar-refractivity contribution is 5.70. The van der Waals surface area contributed by atoms with Crippen molar-refractivity contribution in [2.24, 2.45) is 5.92 Å². The van der Waals surface area contributed by atoms with Crippen molar-refractivity contribution >= 4 is 12.1 Å². The molecule has 1 fully saturated rings. The van der Waals surface area contributed by atoms with Gasteiger partial charge in [0.1, 0.15) is 5.60 Å². The van der Waals surface area contributed by atoms with Crippen LogP contribution in [0.1, 0.15) is 53.9 Å². The van der Waals surface area contributed by atoms with Crippen LogP contribution in [0.3, 0.4) is 0 Å². The van der Waals surface area contributed by atoms with Crippen molar-refractivity contribution in [3.63, 3.8) is 0 Å². The van der Waals surface area contributed by atoms with Gasteiger partial charge in [0.15, 0.2) is 0 Å². The van der Waals surface area contributed by atoms with Gasteiger partial charge in [-0.05, 0) is 53.4 Å². The molecule has 1 aliphatic heterocycles. The minimum absolute atomic E-state index is 0.156. The van der Waals surface area contributed by atoms with Crippen molar-refractivity contribution in [1.82, 2.24) is 4.90 Å². The first kappa shape index (κ1) is 15.8. The highest BCUT2D eigenvalue weighted by Gasteiger charge is 2.42. The Labute approximate surface area is 114 Å². The van der Waals surface area contributed by atoms with Crippen LogP contribution in [-0.2, 0) is 9.53 Å². The summed E-state index contributed by atoms with van der Waals surface area (Å²) in [6.45, 7) is 10.1. The van der Waals surface area contributed by atoms with Crippen molar-refractivity contribution in [3.05, 3.63) is 0 Å². The van der Waals surface area contributed by atoms with Crippen molar-refractivity contribution < 1.29 is 19.4 Å². The summed E-state index contributed by atoms with van der Waals surface area (Å²) >= 11 is 0. The number of carboxylic acid groups (broad SMARTS) is 1. The molecule has 0 aromatic rings. The number of hydrogen-bond acceptors (Lipinski definition) is 3. The molecule has 0 saturated carbocycles. The molecule has 0 spiro atoms. The molecule has 1 aliphatic rings. The summed E-state index contributed by atoms with van der Waals surface area (Å²) in [5.41, 5.74) is -0.780. The molecule has 0 radical (unpaired) electrons. The Kier molecular flexibility index (Phi) is 4.48. The fraction of sp³-hybridized carbons (Fsp3) is 0.857. The molecule has 0 bridgehead atoms. The molecule has 1 heterocycles. The van der Waals surface area contributed by atoms with Gasteiger partial charge >= 0.3 is 12.1 Å². The number of ether oxygens (including phenoxy) is 1. The third kappa shape index (κ3) is 4.73. The Morgan fingerprint density at radius 1 is 1.37 bits per heavy atom. The Balaban J connectivity index is 2.64. The largest absolute Gasteiger partial charge is 0.481 e. The quantitative estimate of drug-likeness (QED) is 0.857. The first-order valence-electron chi connectivity index (χ1n) is 6.74. The van der Waals surface area contributed by atoms with Gasteiger partial charge in [-0.15, -0.1) is 0 Å². The van der Waals surface area contributed by atoms with Gasteiger partial charge in [-0.25, -0.2) is 4.79 Å². The average molecular weight is 271 g/mol. The van der Waals surface area contributed by atoms with Crippen LogP contribution < -0.4 is 0 Å². The van der Waals surface area contributed by atoms with E-state index in [-0.39, 0.29) is 24.0 Å². The van der Waals surface area contributed by atoms with Gasteiger partial charge < -0.3 is 14.7 Å². The van der Waals surface area contributed by atoms with Crippen molar-refractivity contribution in [1.29, 1.82) is 0 Å². The third-order valence-electron chi connectivity index (χ3n) is 3.34. The second-order valence-electron chi connectivity index (χ2n) is 6.91. The summed E-state index contributed by atoms with van der Waals surface area (Å²) in [5, 5.41) is 8.73. The molecule has 5 heteroatoms. The molecule has 0 aliphatic carbocycles. The zero-order chi connectivity index (χ0) is 14.8. The van der Waals surface area contributed by atoms with Gasteiger partial charge in [-0.3, -0.25) is 4.79 Å². The van der Waals surface area contributed by atoms with Crippen LogP contribution in [-0.4, -0.2) is 39.8 Å². The Morgan fingerprint density at radius 2 is 1.95 bits per heavy atom. The molecule has 1 amide bonds. The summed E-state index contributed by atoms with van der Waals surface area (Å²) in [7, 11) is 0. The normalized spacial score (nSPS) is 22.4. The lowest BCUT2D eigenvalue weighted by atomic mass is 9.93. The first-order valence-corrected chi connectivity index (χ1v) is 6.74. The van der Waals surface area contributed by atoms with Gasteiger partial charge in [-0.1, -0.05) is 0 Å². The number of likely N-dealkylation sites (tertiary alicyclic amines) is 1. The van der Waals surface area contributed by atoms with E-state index in [0.717, 1.165) is 6.42 Å². The topological polar surface area (TPSA) is 66.8 Å². The minimum Gasteiger partial charge on any atom is -0.481 e. The van der Waals surface area contributed by atoms with E-state index in [1.807, 2.05) is 34.6 Å². The van der Waals surface area contributed by atoms with Crippen LogP contribution in [0.2, 0.25) is 0 Å². The van der Waals surface area contributed by atoms with E-state index < -0.39 is 11.6 Å². The SMILES string of the molecule is CC(C)(C)OC(=O)N1CC(CCC(=O)O)CC1(C)C. The summed E-state index contributed by atoms with van der Waals surface area (Å²) < 4.78 is 5.40. The maximum atomic E-state index is 12.1. The summed E-state index contributed by atoms with van der Waals surface area (Å²) in [6.07, 6.45) is 1.27. The van der Waals surface area contributed by atoms with E-state index in [4.69, 9.17) is 9.84 Å². The Morgan fingerprint density at radius 3 is 2.42 bits per heavy atom. The lowest BCUT2D eigenvalue weighted by Crippen LogP contribution is -2.45. The number of carbonyl (C=O) groups is 2. The number of hydrogen-bond donors (Lipinski definition) is 1. The highest BCUT2D eigenvalue weighted by atomic mass is 16.6. The molecule has 19 heavy (non-hydrogen) atoms. The standard InChI is InChI=1S/C14H25NO4/c1-13(2,3)19-12(18)15-9-10(6-7-11(16)17)8-14(15,4)5/h10H,6-9H2,1-5H3,(H,16,17). The van der Waals surface area contributed by atoms with Crippen LogP contribution in [0.15, 0.2) is 0 Å². The molecule has 5 nitrogen and oxygen atoms in total. The number of rotatable bonds is 3. The molecule has 1 N–H and O–H groups in total. The number of carboxylic acids is 1. The third-order valence-corrected chi connectivity index (χ3v) is 3.34. The number of amides is 1. The van der Waals surface area contributed by atoms with Crippen molar-refractivity contribution in [2.45, 2.75) is 65.0 Å². The van der Waals surface area contributed by atoms with Gasteiger partial charge in [0.25, 0.3) is 0 Å². The molecular weight excluding hydrogens is 246 g/mol. The van der Waals surface area contributed by atoms with Crippen LogP contribution >= 0.6 is 0 Å². The van der Waals surface area contributed by atoms with E-state index in [1.165, 1.54) is 0 Å². The summed E-state index contributed by atoms with van der Waals surface area (Å²) in [4.78, 5) is 24.5. The average Bonchev–Trinajstić information content (AvgIpc) is 2.48. The van der Waals surface area contributed by atoms with E-state index in [1.54, 1.807) is 4.90 Å². The minimum atomic E-state index is -0.784. The van der Waals surface area contributed by atoms with Gasteiger partial charge in [-0.2, -0.15) is 0 Å².